The Kier molecular flexibility index (Phi) is 1.84. The van der Waals surface area contributed by atoms with Gasteiger partial charge in [-0.15, -0.1) is 0 Å². The molecule has 0 spiro atoms. The van der Waals surface area contributed by atoms with E-state index in [-0.39, 0.29) is 0 Å². The number of rotatable bonds is 1. The molecule has 15 heavy (non-hydrogen) atoms. The maximum absolute atomic E-state index is 4.66. The molecular weight excluding hydrogens is 186 g/mol. The molecule has 0 N–H and O–H groups in total. The number of fused-ring (bicyclic) bond motifs is 1. The molecule has 2 aromatic rings. The number of nitrogens with zero attached hydrogens (tertiary/aromatic N) is 3. The zero-order valence-corrected chi connectivity index (χ0v) is 8.77. The highest BCUT2D eigenvalue weighted by molar-refractivity contribution is 5.76. The molecule has 1 saturated heterocycles. The topological polar surface area (TPSA) is 29.0 Å². The zero-order valence-electron chi connectivity index (χ0n) is 8.77. The Hall–Kier alpha value is -1.64. The van der Waals surface area contributed by atoms with Gasteiger partial charge in [0.1, 0.15) is 0 Å². The molecule has 0 atom stereocenters. The van der Waals surface area contributed by atoms with Crippen LogP contribution in [0.2, 0.25) is 0 Å². The molecule has 0 amide bonds. The second-order valence-corrected chi connectivity index (χ2v) is 3.96. The van der Waals surface area contributed by atoms with Gasteiger partial charge in [0.2, 0.25) is 0 Å². The van der Waals surface area contributed by atoms with Crippen LogP contribution in [0.1, 0.15) is 12.1 Å². The third kappa shape index (κ3) is 1.35. The lowest BCUT2D eigenvalue weighted by Crippen LogP contribution is -2.38. The van der Waals surface area contributed by atoms with Crippen molar-refractivity contribution in [2.24, 2.45) is 0 Å². The van der Waals surface area contributed by atoms with Gasteiger partial charge in [0.05, 0.1) is 16.7 Å². The highest BCUT2D eigenvalue weighted by Gasteiger charge is 2.18. The first-order valence-electron chi connectivity index (χ1n) is 5.33. The molecule has 3 nitrogen and oxygen atoms in total. The lowest BCUT2D eigenvalue weighted by atomic mass is 10.2. The van der Waals surface area contributed by atoms with Crippen LogP contribution in [-0.4, -0.2) is 23.1 Å². The molecule has 0 bridgehead atoms. The second-order valence-electron chi connectivity index (χ2n) is 3.96. The van der Waals surface area contributed by atoms with E-state index in [4.69, 9.17) is 0 Å². The predicted octanol–water partition coefficient (Wildman–Crippen LogP) is 2.15. The minimum atomic E-state index is 0.985. The highest BCUT2D eigenvalue weighted by atomic mass is 15.2. The van der Waals surface area contributed by atoms with Crippen molar-refractivity contribution in [2.45, 2.75) is 13.3 Å². The summed E-state index contributed by atoms with van der Waals surface area (Å²) in [6, 6.07) is 8.03. The molecule has 1 aromatic carbocycles. The number of benzene rings is 1. The molecule has 1 aromatic heterocycles. The summed E-state index contributed by atoms with van der Waals surface area (Å²) in [6.45, 7) is 4.27. The quantitative estimate of drug-likeness (QED) is 0.704. The molecule has 76 valence electrons. The molecule has 0 unspecified atom stereocenters. The lowest BCUT2D eigenvalue weighted by molar-refractivity contribution is 0.607. The SMILES string of the molecule is Cc1nc2ccccc2nc1N1CCC1. The van der Waals surface area contributed by atoms with E-state index in [0.717, 1.165) is 35.6 Å². The second kappa shape index (κ2) is 3.19. The van der Waals surface area contributed by atoms with Gasteiger partial charge in [0, 0.05) is 13.1 Å². The van der Waals surface area contributed by atoms with Crippen molar-refractivity contribution in [2.75, 3.05) is 18.0 Å². The van der Waals surface area contributed by atoms with Gasteiger partial charge in [-0.3, -0.25) is 0 Å². The van der Waals surface area contributed by atoms with Crippen LogP contribution in [0.15, 0.2) is 24.3 Å². The van der Waals surface area contributed by atoms with Crippen LogP contribution in [0.5, 0.6) is 0 Å². The number of aryl methyl sites for hydroxylation is 1. The van der Waals surface area contributed by atoms with Crippen LogP contribution in [0.4, 0.5) is 5.82 Å². The largest absolute Gasteiger partial charge is 0.355 e. The van der Waals surface area contributed by atoms with Gasteiger partial charge in [-0.1, -0.05) is 12.1 Å². The number of aromatic nitrogens is 2. The predicted molar refractivity (Wildman–Crippen MR) is 61.1 cm³/mol. The van der Waals surface area contributed by atoms with Gasteiger partial charge in [-0.05, 0) is 25.5 Å². The molecule has 1 aliphatic heterocycles. The van der Waals surface area contributed by atoms with Crippen molar-refractivity contribution < 1.29 is 0 Å². The van der Waals surface area contributed by atoms with Crippen molar-refractivity contribution in [1.82, 2.24) is 9.97 Å². The number of hydrogen-bond donors (Lipinski definition) is 0. The van der Waals surface area contributed by atoms with E-state index in [2.05, 4.69) is 14.9 Å². The molecule has 1 aliphatic rings. The molecule has 3 heteroatoms. The van der Waals surface area contributed by atoms with E-state index in [0.29, 0.717) is 0 Å². The van der Waals surface area contributed by atoms with Crippen LogP contribution in [0.3, 0.4) is 0 Å². The molecule has 2 heterocycles. The smallest absolute Gasteiger partial charge is 0.150 e. The van der Waals surface area contributed by atoms with E-state index in [1.165, 1.54) is 6.42 Å². The van der Waals surface area contributed by atoms with Gasteiger partial charge in [0.25, 0.3) is 0 Å². The molecular formula is C12H13N3. The number of anilines is 1. The zero-order chi connectivity index (χ0) is 10.3. The van der Waals surface area contributed by atoms with Gasteiger partial charge in [0.15, 0.2) is 5.82 Å². The molecule has 0 saturated carbocycles. The minimum absolute atomic E-state index is 0.985. The third-order valence-corrected chi connectivity index (χ3v) is 2.88. The molecule has 0 aliphatic carbocycles. The standard InChI is InChI=1S/C12H13N3/c1-9-12(15-7-4-8-15)14-11-6-3-2-5-10(11)13-9/h2-3,5-6H,4,7-8H2,1H3. The summed E-state index contributed by atoms with van der Waals surface area (Å²) in [5, 5.41) is 0. The summed E-state index contributed by atoms with van der Waals surface area (Å²) in [7, 11) is 0. The van der Waals surface area contributed by atoms with Crippen LogP contribution in [0, 0.1) is 6.92 Å². The Morgan fingerprint density at radius 2 is 1.73 bits per heavy atom. The van der Waals surface area contributed by atoms with Gasteiger partial charge < -0.3 is 4.90 Å². The van der Waals surface area contributed by atoms with Crippen molar-refractivity contribution >= 4 is 16.9 Å². The molecule has 0 radical (unpaired) electrons. The fraction of sp³-hybridized carbons (Fsp3) is 0.333. The fourth-order valence-electron chi connectivity index (χ4n) is 1.91. The maximum atomic E-state index is 4.66. The molecule has 1 fully saturated rings. The highest BCUT2D eigenvalue weighted by Crippen LogP contribution is 2.23. The Morgan fingerprint density at radius 3 is 2.33 bits per heavy atom. The van der Waals surface area contributed by atoms with Crippen molar-refractivity contribution in [3.05, 3.63) is 30.0 Å². The van der Waals surface area contributed by atoms with Crippen molar-refractivity contribution in [1.29, 1.82) is 0 Å². The minimum Gasteiger partial charge on any atom is -0.355 e. The average Bonchev–Trinajstić information content (AvgIpc) is 2.16. The number of hydrogen-bond acceptors (Lipinski definition) is 3. The fourth-order valence-corrected chi connectivity index (χ4v) is 1.91. The summed E-state index contributed by atoms with van der Waals surface area (Å²) >= 11 is 0. The van der Waals surface area contributed by atoms with E-state index in [1.54, 1.807) is 0 Å². The van der Waals surface area contributed by atoms with Gasteiger partial charge in [-0.25, -0.2) is 9.97 Å². The van der Waals surface area contributed by atoms with E-state index < -0.39 is 0 Å². The van der Waals surface area contributed by atoms with Crippen LogP contribution in [-0.2, 0) is 0 Å². The number of para-hydroxylation sites is 2. The summed E-state index contributed by atoms with van der Waals surface area (Å²) in [5.41, 5.74) is 3.01. The maximum Gasteiger partial charge on any atom is 0.150 e. The van der Waals surface area contributed by atoms with Crippen LogP contribution < -0.4 is 4.90 Å². The van der Waals surface area contributed by atoms with Crippen molar-refractivity contribution in [3.8, 4) is 0 Å². The van der Waals surface area contributed by atoms with Gasteiger partial charge >= 0.3 is 0 Å². The summed E-state index contributed by atoms with van der Waals surface area (Å²) in [4.78, 5) is 11.5. The normalized spacial score (nSPS) is 15.4. The monoisotopic (exact) mass is 199 g/mol. The first-order chi connectivity index (χ1) is 7.34. The first kappa shape index (κ1) is 8.65. The Bertz CT molecular complexity index is 503. The van der Waals surface area contributed by atoms with E-state index >= 15 is 0 Å². The summed E-state index contributed by atoms with van der Waals surface area (Å²) < 4.78 is 0. The average molecular weight is 199 g/mol. The van der Waals surface area contributed by atoms with Gasteiger partial charge in [-0.2, -0.15) is 0 Å². The van der Waals surface area contributed by atoms with E-state index in [9.17, 15) is 0 Å². The third-order valence-electron chi connectivity index (χ3n) is 2.88. The summed E-state index contributed by atoms with van der Waals surface area (Å²) in [6.07, 6.45) is 1.27. The first-order valence-corrected chi connectivity index (χ1v) is 5.33. The molecule has 3 rings (SSSR count). The Labute approximate surface area is 88.8 Å². The van der Waals surface area contributed by atoms with Crippen LogP contribution in [0.25, 0.3) is 11.0 Å². The lowest BCUT2D eigenvalue weighted by Gasteiger charge is -2.32. The van der Waals surface area contributed by atoms with E-state index in [1.807, 2.05) is 31.2 Å². The van der Waals surface area contributed by atoms with Crippen molar-refractivity contribution in [3.63, 3.8) is 0 Å². The summed E-state index contributed by atoms with van der Waals surface area (Å²) in [5.74, 6) is 1.06. The Morgan fingerprint density at radius 1 is 1.07 bits per heavy atom. The van der Waals surface area contributed by atoms with Crippen LogP contribution >= 0.6 is 0 Å². The Balaban J connectivity index is 2.17.